The first-order valence-electron chi connectivity index (χ1n) is 5.06. The first-order chi connectivity index (χ1) is 8.19. The average Bonchev–Trinajstić information content (AvgIpc) is 2.34. The van der Waals surface area contributed by atoms with Gasteiger partial charge in [-0.15, -0.1) is 11.8 Å². The van der Waals surface area contributed by atoms with Crippen LogP contribution in [-0.4, -0.2) is 6.26 Å². The van der Waals surface area contributed by atoms with E-state index in [1.807, 2.05) is 42.5 Å². The molecule has 0 unspecified atom stereocenters. The highest BCUT2D eigenvalue weighted by molar-refractivity contribution is 14.1. The fourth-order valence-corrected chi connectivity index (χ4v) is 2.43. The van der Waals surface area contributed by atoms with Gasteiger partial charge in [-0.2, -0.15) is 0 Å². The Morgan fingerprint density at radius 3 is 2.41 bits per heavy atom. The van der Waals surface area contributed by atoms with Gasteiger partial charge < -0.3 is 10.5 Å². The number of ether oxygens (including phenoxy) is 1. The molecule has 88 valence electrons. The van der Waals surface area contributed by atoms with Crippen molar-refractivity contribution in [3.63, 3.8) is 0 Å². The topological polar surface area (TPSA) is 35.2 Å². The van der Waals surface area contributed by atoms with E-state index in [9.17, 15) is 0 Å². The van der Waals surface area contributed by atoms with E-state index in [-0.39, 0.29) is 0 Å². The van der Waals surface area contributed by atoms with Crippen molar-refractivity contribution in [1.82, 2.24) is 0 Å². The molecule has 0 spiro atoms. The maximum Gasteiger partial charge on any atom is 0.140 e. The summed E-state index contributed by atoms with van der Waals surface area (Å²) in [5.41, 5.74) is 6.45. The quantitative estimate of drug-likeness (QED) is 0.503. The summed E-state index contributed by atoms with van der Waals surface area (Å²) in [5, 5.41) is 0. The highest BCUT2D eigenvalue weighted by atomic mass is 127. The van der Waals surface area contributed by atoms with Crippen molar-refractivity contribution in [2.24, 2.45) is 0 Å². The summed E-state index contributed by atoms with van der Waals surface area (Å²) in [5.74, 6) is 1.67. The van der Waals surface area contributed by atoms with E-state index in [0.29, 0.717) is 0 Å². The van der Waals surface area contributed by atoms with E-state index < -0.39 is 0 Å². The molecule has 0 bridgehead atoms. The molecule has 0 atom stereocenters. The molecule has 2 aromatic carbocycles. The van der Waals surface area contributed by atoms with Crippen LogP contribution in [0.1, 0.15) is 0 Å². The van der Waals surface area contributed by atoms with Crippen molar-refractivity contribution in [3.8, 4) is 11.5 Å². The maximum atomic E-state index is 5.79. The van der Waals surface area contributed by atoms with Crippen LogP contribution < -0.4 is 10.5 Å². The molecule has 0 heterocycles. The number of rotatable bonds is 3. The van der Waals surface area contributed by atoms with Gasteiger partial charge in [-0.05, 0) is 71.3 Å². The van der Waals surface area contributed by atoms with Crippen LogP contribution in [-0.2, 0) is 0 Å². The zero-order chi connectivity index (χ0) is 12.3. The lowest BCUT2D eigenvalue weighted by atomic mass is 10.3. The molecule has 0 fully saturated rings. The fourth-order valence-electron chi connectivity index (χ4n) is 1.37. The molecule has 2 aromatic rings. The van der Waals surface area contributed by atoms with E-state index in [2.05, 4.69) is 28.8 Å². The zero-order valence-corrected chi connectivity index (χ0v) is 12.3. The third kappa shape index (κ3) is 3.29. The van der Waals surface area contributed by atoms with Crippen LogP contribution in [0.3, 0.4) is 0 Å². The SMILES string of the molecule is CSc1ccc(Oc2ccc(N)cc2I)cc1. The lowest BCUT2D eigenvalue weighted by Crippen LogP contribution is -1.90. The molecule has 17 heavy (non-hydrogen) atoms. The van der Waals surface area contributed by atoms with Gasteiger partial charge in [0, 0.05) is 10.6 Å². The number of thioether (sulfide) groups is 1. The highest BCUT2D eigenvalue weighted by Crippen LogP contribution is 2.29. The summed E-state index contributed by atoms with van der Waals surface area (Å²) >= 11 is 3.93. The van der Waals surface area contributed by atoms with E-state index in [1.54, 1.807) is 11.8 Å². The Bertz CT molecular complexity index is 513. The number of hydrogen-bond acceptors (Lipinski definition) is 3. The molecule has 2 rings (SSSR count). The minimum atomic E-state index is 0.750. The van der Waals surface area contributed by atoms with Crippen molar-refractivity contribution in [1.29, 1.82) is 0 Å². The molecule has 0 amide bonds. The average molecular weight is 357 g/mol. The minimum Gasteiger partial charge on any atom is -0.456 e. The molecule has 2 N–H and O–H groups in total. The summed E-state index contributed by atoms with van der Waals surface area (Å²) < 4.78 is 6.80. The first kappa shape index (κ1) is 12.6. The standard InChI is InChI=1S/C13H12INOS/c1-17-11-5-3-10(4-6-11)16-13-7-2-9(15)8-12(13)14/h2-8H,15H2,1H3. The second-order valence-electron chi connectivity index (χ2n) is 3.47. The van der Waals surface area contributed by atoms with Crippen molar-refractivity contribution in [2.45, 2.75) is 4.90 Å². The number of hydrogen-bond donors (Lipinski definition) is 1. The van der Waals surface area contributed by atoms with Gasteiger partial charge in [0.2, 0.25) is 0 Å². The summed E-state index contributed by atoms with van der Waals surface area (Å²) in [6, 6.07) is 13.7. The van der Waals surface area contributed by atoms with Gasteiger partial charge in [0.15, 0.2) is 0 Å². The van der Waals surface area contributed by atoms with Crippen LogP contribution in [0.15, 0.2) is 47.4 Å². The Labute approximate surface area is 119 Å². The second-order valence-corrected chi connectivity index (χ2v) is 5.51. The monoisotopic (exact) mass is 357 g/mol. The summed E-state index contributed by atoms with van der Waals surface area (Å²) in [6.07, 6.45) is 2.05. The lowest BCUT2D eigenvalue weighted by molar-refractivity contribution is 0.479. The second kappa shape index (κ2) is 5.64. The predicted octanol–water partition coefficient (Wildman–Crippen LogP) is 4.39. The van der Waals surface area contributed by atoms with E-state index in [0.717, 1.165) is 20.8 Å². The Balaban J connectivity index is 2.19. The smallest absolute Gasteiger partial charge is 0.140 e. The van der Waals surface area contributed by atoms with Crippen molar-refractivity contribution in [3.05, 3.63) is 46.0 Å². The largest absolute Gasteiger partial charge is 0.456 e. The molecule has 0 aromatic heterocycles. The molecular weight excluding hydrogens is 345 g/mol. The van der Waals surface area contributed by atoms with Crippen LogP contribution in [0.4, 0.5) is 5.69 Å². The van der Waals surface area contributed by atoms with Gasteiger partial charge in [-0.25, -0.2) is 0 Å². The number of nitrogens with two attached hydrogens (primary N) is 1. The molecule has 0 saturated carbocycles. The number of benzene rings is 2. The third-order valence-electron chi connectivity index (χ3n) is 2.24. The van der Waals surface area contributed by atoms with Crippen LogP contribution in [0.5, 0.6) is 11.5 Å². The van der Waals surface area contributed by atoms with E-state index >= 15 is 0 Å². The van der Waals surface area contributed by atoms with Gasteiger partial charge in [0.05, 0.1) is 3.57 Å². The van der Waals surface area contributed by atoms with Crippen molar-refractivity contribution in [2.75, 3.05) is 12.0 Å². The van der Waals surface area contributed by atoms with Gasteiger partial charge >= 0.3 is 0 Å². The minimum absolute atomic E-state index is 0.750. The van der Waals surface area contributed by atoms with Gasteiger partial charge in [-0.3, -0.25) is 0 Å². The number of anilines is 1. The molecule has 0 radical (unpaired) electrons. The molecule has 2 nitrogen and oxygen atoms in total. The third-order valence-corrected chi connectivity index (χ3v) is 3.83. The molecular formula is C13H12INOS. The zero-order valence-electron chi connectivity index (χ0n) is 9.31. The molecule has 0 aliphatic rings. The van der Waals surface area contributed by atoms with Gasteiger partial charge in [-0.1, -0.05) is 0 Å². The summed E-state index contributed by atoms with van der Waals surface area (Å²) in [6.45, 7) is 0. The predicted molar refractivity (Wildman–Crippen MR) is 81.9 cm³/mol. The molecule has 0 saturated heterocycles. The maximum absolute atomic E-state index is 5.79. The fraction of sp³-hybridized carbons (Fsp3) is 0.0769. The normalized spacial score (nSPS) is 10.2. The first-order valence-corrected chi connectivity index (χ1v) is 7.36. The van der Waals surface area contributed by atoms with Gasteiger partial charge in [0.25, 0.3) is 0 Å². The number of halogens is 1. The van der Waals surface area contributed by atoms with Crippen molar-refractivity contribution >= 4 is 40.0 Å². The van der Waals surface area contributed by atoms with Gasteiger partial charge in [0.1, 0.15) is 11.5 Å². The summed E-state index contributed by atoms with van der Waals surface area (Å²) in [7, 11) is 0. The molecule has 0 aliphatic carbocycles. The van der Waals surface area contributed by atoms with Crippen LogP contribution >= 0.6 is 34.4 Å². The van der Waals surface area contributed by atoms with E-state index in [1.165, 1.54) is 4.90 Å². The Kier molecular flexibility index (Phi) is 4.17. The number of nitrogen functional groups attached to an aromatic ring is 1. The Morgan fingerprint density at radius 1 is 1.12 bits per heavy atom. The van der Waals surface area contributed by atoms with Crippen LogP contribution in [0.25, 0.3) is 0 Å². The molecule has 0 aliphatic heterocycles. The van der Waals surface area contributed by atoms with Crippen molar-refractivity contribution < 1.29 is 4.74 Å². The molecule has 4 heteroatoms. The van der Waals surface area contributed by atoms with E-state index in [4.69, 9.17) is 10.5 Å². The summed E-state index contributed by atoms with van der Waals surface area (Å²) in [4.78, 5) is 1.23. The Morgan fingerprint density at radius 2 is 1.82 bits per heavy atom. The van der Waals surface area contributed by atoms with Crippen LogP contribution in [0.2, 0.25) is 0 Å². The Hall–Kier alpha value is -0.880. The lowest BCUT2D eigenvalue weighted by Gasteiger charge is -2.08. The highest BCUT2D eigenvalue weighted by Gasteiger charge is 2.03. The van der Waals surface area contributed by atoms with Crippen LogP contribution in [0, 0.1) is 3.57 Å².